The van der Waals surface area contributed by atoms with Gasteiger partial charge in [0.05, 0.1) is 12.4 Å². The first-order valence-corrected chi connectivity index (χ1v) is 4.77. The van der Waals surface area contributed by atoms with Crippen molar-refractivity contribution in [3.05, 3.63) is 35.2 Å². The minimum absolute atomic E-state index is 0.246. The van der Waals surface area contributed by atoms with Gasteiger partial charge in [-0.05, 0) is 31.4 Å². The van der Waals surface area contributed by atoms with Crippen LogP contribution in [0.3, 0.4) is 0 Å². The van der Waals surface area contributed by atoms with Crippen LogP contribution < -0.4 is 0 Å². The van der Waals surface area contributed by atoms with Crippen LogP contribution in [0.1, 0.15) is 18.9 Å². The van der Waals surface area contributed by atoms with E-state index in [1.807, 2.05) is 13.0 Å². The van der Waals surface area contributed by atoms with Gasteiger partial charge in [-0.2, -0.15) is 0 Å². The number of thiophene rings is 1. The van der Waals surface area contributed by atoms with Crippen molar-refractivity contribution in [1.29, 1.82) is 0 Å². The van der Waals surface area contributed by atoms with Crippen molar-refractivity contribution in [2.45, 2.75) is 25.9 Å². The molecule has 0 aliphatic carbocycles. The summed E-state index contributed by atoms with van der Waals surface area (Å²) in [6.45, 7) is 5.55. The Labute approximate surface area is 77.7 Å². The van der Waals surface area contributed by atoms with Gasteiger partial charge in [-0.1, -0.05) is 6.58 Å². The lowest BCUT2D eigenvalue weighted by Gasteiger charge is -2.09. The highest BCUT2D eigenvalue weighted by Gasteiger charge is 2.01. The zero-order chi connectivity index (χ0) is 8.81. The Morgan fingerprint density at radius 1 is 1.83 bits per heavy atom. The van der Waals surface area contributed by atoms with Crippen LogP contribution in [0.15, 0.2) is 18.9 Å². The summed E-state index contributed by atoms with van der Waals surface area (Å²) in [7, 11) is 0. The molecule has 0 fully saturated rings. The Morgan fingerprint density at radius 3 is 3.25 bits per heavy atom. The molecular weight excluding hydrogens is 168 g/mol. The van der Waals surface area contributed by atoms with E-state index in [0.717, 1.165) is 12.8 Å². The molecule has 0 spiro atoms. The van der Waals surface area contributed by atoms with Crippen LogP contribution in [0.5, 0.6) is 0 Å². The molecule has 0 aliphatic heterocycles. The number of aryl methyl sites for hydroxylation is 1. The van der Waals surface area contributed by atoms with E-state index < -0.39 is 0 Å². The van der Waals surface area contributed by atoms with Crippen molar-refractivity contribution >= 4 is 11.3 Å². The minimum atomic E-state index is 0.246. The number of hydrogen-bond donors (Lipinski definition) is 0. The second kappa shape index (κ2) is 4.99. The highest BCUT2D eigenvalue weighted by atomic mass is 32.1. The van der Waals surface area contributed by atoms with Gasteiger partial charge in [0, 0.05) is 10.8 Å². The fraction of sp³-hybridized carbons (Fsp3) is 0.400. The monoisotopic (exact) mass is 180 g/mol. The molecule has 0 aromatic carbocycles. The summed E-state index contributed by atoms with van der Waals surface area (Å²) in [4.78, 5) is 0. The van der Waals surface area contributed by atoms with E-state index >= 15 is 0 Å². The highest BCUT2D eigenvalue weighted by molar-refractivity contribution is 7.06. The lowest BCUT2D eigenvalue weighted by molar-refractivity contribution is 0.154. The standard InChI is InChI=1S/C10H12OS/c1-3-11-9(2)4-5-10-6-7-12-8-10/h3,6,9H,1,4-5H2,2H3. The Bertz CT molecular complexity index is 216. The van der Waals surface area contributed by atoms with Gasteiger partial charge >= 0.3 is 0 Å². The van der Waals surface area contributed by atoms with E-state index in [-0.39, 0.29) is 6.10 Å². The predicted molar refractivity (Wildman–Crippen MR) is 51.1 cm³/mol. The summed E-state index contributed by atoms with van der Waals surface area (Å²) < 4.78 is 5.18. The molecule has 0 saturated heterocycles. The van der Waals surface area contributed by atoms with Crippen LogP contribution in [0.4, 0.5) is 0 Å². The predicted octanol–water partition coefficient (Wildman–Crippen LogP) is 2.83. The van der Waals surface area contributed by atoms with Crippen molar-refractivity contribution in [2.24, 2.45) is 0 Å². The first-order chi connectivity index (χ1) is 5.83. The van der Waals surface area contributed by atoms with Crippen LogP contribution in [0.25, 0.3) is 0 Å². The second-order valence-corrected chi connectivity index (χ2v) is 3.29. The fourth-order valence-electron chi connectivity index (χ4n) is 0.939. The van der Waals surface area contributed by atoms with E-state index in [2.05, 4.69) is 17.3 Å². The maximum absolute atomic E-state index is 5.18. The highest BCUT2D eigenvalue weighted by Crippen LogP contribution is 2.09. The number of hydrogen-bond acceptors (Lipinski definition) is 2. The van der Waals surface area contributed by atoms with Crippen molar-refractivity contribution in [3.63, 3.8) is 0 Å². The topological polar surface area (TPSA) is 9.23 Å². The van der Waals surface area contributed by atoms with Crippen LogP contribution in [0, 0.1) is 10.8 Å². The zero-order valence-corrected chi connectivity index (χ0v) is 7.99. The van der Waals surface area contributed by atoms with Gasteiger partial charge in [0.2, 0.25) is 0 Å². The molecule has 2 heteroatoms. The Kier molecular flexibility index (Phi) is 3.88. The quantitative estimate of drug-likeness (QED) is 0.633. The molecule has 0 saturated carbocycles. The summed E-state index contributed by atoms with van der Waals surface area (Å²) in [5, 5.41) is 6.15. The molecule has 0 amide bonds. The van der Waals surface area contributed by atoms with Gasteiger partial charge in [0.25, 0.3) is 0 Å². The smallest absolute Gasteiger partial charge is 0.0953 e. The molecule has 1 unspecified atom stereocenters. The van der Waals surface area contributed by atoms with E-state index in [9.17, 15) is 0 Å². The molecule has 1 rings (SSSR count). The molecule has 1 aromatic heterocycles. The van der Waals surface area contributed by atoms with Crippen molar-refractivity contribution in [1.82, 2.24) is 0 Å². The van der Waals surface area contributed by atoms with Gasteiger partial charge in [-0.25, -0.2) is 0 Å². The summed E-state index contributed by atoms with van der Waals surface area (Å²) in [6.07, 6.45) is 3.76. The molecule has 64 valence electrons. The molecule has 1 atom stereocenters. The lowest BCUT2D eigenvalue weighted by atomic mass is 10.1. The molecule has 2 radical (unpaired) electrons. The largest absolute Gasteiger partial charge is 0.499 e. The van der Waals surface area contributed by atoms with Crippen LogP contribution in [-0.4, -0.2) is 6.10 Å². The molecule has 1 heterocycles. The third-order valence-electron chi connectivity index (χ3n) is 1.62. The summed E-state index contributed by atoms with van der Waals surface area (Å²) in [5.41, 5.74) is 1.22. The second-order valence-electron chi connectivity index (χ2n) is 2.64. The Morgan fingerprint density at radius 2 is 2.67 bits per heavy atom. The normalized spacial score (nSPS) is 12.4. The van der Waals surface area contributed by atoms with Gasteiger partial charge in [-0.15, -0.1) is 11.3 Å². The average molecular weight is 180 g/mol. The molecule has 12 heavy (non-hydrogen) atoms. The van der Waals surface area contributed by atoms with Crippen LogP contribution >= 0.6 is 11.3 Å². The summed E-state index contributed by atoms with van der Waals surface area (Å²) in [5.74, 6) is 0. The molecule has 0 aliphatic rings. The third kappa shape index (κ3) is 3.09. The average Bonchev–Trinajstić information content (AvgIpc) is 2.53. The Balaban J connectivity index is 2.21. The lowest BCUT2D eigenvalue weighted by Crippen LogP contribution is -2.04. The Hall–Kier alpha value is -0.760. The van der Waals surface area contributed by atoms with Gasteiger partial charge in [0.15, 0.2) is 0 Å². The van der Waals surface area contributed by atoms with Gasteiger partial charge < -0.3 is 4.74 Å². The molecule has 1 aromatic rings. The maximum Gasteiger partial charge on any atom is 0.0953 e. The van der Waals surface area contributed by atoms with Gasteiger partial charge in [0.1, 0.15) is 0 Å². The maximum atomic E-state index is 5.18. The van der Waals surface area contributed by atoms with E-state index in [1.54, 1.807) is 0 Å². The first kappa shape index (κ1) is 9.33. The van der Waals surface area contributed by atoms with E-state index in [4.69, 9.17) is 4.74 Å². The van der Waals surface area contributed by atoms with Crippen LogP contribution in [-0.2, 0) is 11.2 Å². The number of rotatable bonds is 5. The molecular formula is C10H12OS. The zero-order valence-electron chi connectivity index (χ0n) is 7.17. The fourth-order valence-corrected chi connectivity index (χ4v) is 1.49. The summed E-state index contributed by atoms with van der Waals surface area (Å²) >= 11 is 1.49. The number of ether oxygens (including phenoxy) is 1. The van der Waals surface area contributed by atoms with Crippen LogP contribution in [0.2, 0.25) is 0 Å². The van der Waals surface area contributed by atoms with Crippen molar-refractivity contribution in [2.75, 3.05) is 0 Å². The SMILES string of the molecule is C=COC(C)CCc1[c]s[c]c1. The van der Waals surface area contributed by atoms with E-state index in [0.29, 0.717) is 0 Å². The summed E-state index contributed by atoms with van der Waals surface area (Å²) in [6, 6.07) is 1.98. The van der Waals surface area contributed by atoms with Crippen molar-refractivity contribution in [3.8, 4) is 0 Å². The molecule has 0 N–H and O–H groups in total. The van der Waals surface area contributed by atoms with Gasteiger partial charge in [-0.3, -0.25) is 0 Å². The van der Waals surface area contributed by atoms with Crippen molar-refractivity contribution < 1.29 is 4.74 Å². The van der Waals surface area contributed by atoms with E-state index in [1.165, 1.54) is 23.2 Å². The third-order valence-corrected chi connectivity index (χ3v) is 2.22. The minimum Gasteiger partial charge on any atom is -0.499 e. The first-order valence-electron chi connectivity index (χ1n) is 3.95. The molecule has 1 nitrogen and oxygen atoms in total. The molecule has 0 bridgehead atoms.